The van der Waals surface area contributed by atoms with Crippen molar-refractivity contribution in [3.05, 3.63) is 35.9 Å². The van der Waals surface area contributed by atoms with Gasteiger partial charge in [0.25, 0.3) is 0 Å². The maximum Gasteiger partial charge on any atom is 0.169 e. The Hall–Kier alpha value is -1.15. The average Bonchev–Trinajstić information content (AvgIpc) is 3.10. The molecule has 80 valence electrons. The van der Waals surface area contributed by atoms with Gasteiger partial charge >= 0.3 is 0 Å². The Bertz CT molecular complexity index is 328. The van der Waals surface area contributed by atoms with Crippen molar-refractivity contribution in [1.29, 1.82) is 0 Å². The van der Waals surface area contributed by atoms with Crippen LogP contribution in [0.5, 0.6) is 0 Å². The van der Waals surface area contributed by atoms with Crippen LogP contribution in [0.15, 0.2) is 30.3 Å². The van der Waals surface area contributed by atoms with Crippen molar-refractivity contribution in [2.75, 3.05) is 6.61 Å². The Morgan fingerprint density at radius 2 is 2.07 bits per heavy atom. The second-order valence-corrected chi connectivity index (χ2v) is 3.92. The predicted octanol–water partition coefficient (Wildman–Crippen LogP) is 2.74. The van der Waals surface area contributed by atoms with Gasteiger partial charge in [-0.25, -0.2) is 0 Å². The van der Waals surface area contributed by atoms with E-state index in [4.69, 9.17) is 4.74 Å². The largest absolute Gasteiger partial charge is 0.366 e. The van der Waals surface area contributed by atoms with Crippen molar-refractivity contribution >= 4 is 5.78 Å². The molecular weight excluding hydrogens is 188 g/mol. The Balaban J connectivity index is 2.15. The molecule has 0 amide bonds. The second-order valence-electron chi connectivity index (χ2n) is 3.92. The van der Waals surface area contributed by atoms with Gasteiger partial charge in [0, 0.05) is 12.5 Å². The summed E-state index contributed by atoms with van der Waals surface area (Å²) in [5.74, 6) is 0.504. The van der Waals surface area contributed by atoms with Crippen LogP contribution in [-0.2, 0) is 9.53 Å². The monoisotopic (exact) mass is 204 g/mol. The van der Waals surface area contributed by atoms with Crippen molar-refractivity contribution in [3.63, 3.8) is 0 Å². The lowest BCUT2D eigenvalue weighted by molar-refractivity contribution is -0.132. The highest BCUT2D eigenvalue weighted by molar-refractivity contribution is 5.88. The third kappa shape index (κ3) is 2.45. The highest BCUT2D eigenvalue weighted by Crippen LogP contribution is 2.35. The van der Waals surface area contributed by atoms with E-state index in [-0.39, 0.29) is 17.8 Å². The van der Waals surface area contributed by atoms with Gasteiger partial charge in [-0.2, -0.15) is 0 Å². The van der Waals surface area contributed by atoms with Gasteiger partial charge in [0.15, 0.2) is 5.78 Å². The summed E-state index contributed by atoms with van der Waals surface area (Å²) in [6.45, 7) is 2.51. The first-order chi connectivity index (χ1) is 7.33. The van der Waals surface area contributed by atoms with Crippen LogP contribution in [0.4, 0.5) is 0 Å². The van der Waals surface area contributed by atoms with Crippen molar-refractivity contribution in [3.8, 4) is 0 Å². The van der Waals surface area contributed by atoms with Crippen molar-refractivity contribution in [2.24, 2.45) is 5.92 Å². The first-order valence-corrected chi connectivity index (χ1v) is 5.53. The lowest BCUT2D eigenvalue weighted by Crippen LogP contribution is -2.17. The predicted molar refractivity (Wildman–Crippen MR) is 58.5 cm³/mol. The maximum atomic E-state index is 12.0. The highest BCUT2D eigenvalue weighted by atomic mass is 16.5. The summed E-state index contributed by atoms with van der Waals surface area (Å²) in [7, 11) is 0. The van der Waals surface area contributed by atoms with Crippen LogP contribution in [0, 0.1) is 5.92 Å². The van der Waals surface area contributed by atoms with E-state index in [1.807, 2.05) is 37.3 Å². The molecule has 0 aliphatic heterocycles. The molecule has 1 aliphatic rings. The quantitative estimate of drug-likeness (QED) is 0.737. The molecule has 1 unspecified atom stereocenters. The molecule has 1 aromatic carbocycles. The van der Waals surface area contributed by atoms with E-state index in [1.54, 1.807) is 0 Å². The highest BCUT2D eigenvalue weighted by Gasteiger charge is 2.35. The van der Waals surface area contributed by atoms with Crippen LogP contribution < -0.4 is 0 Å². The fourth-order valence-corrected chi connectivity index (χ4v) is 1.72. The third-order valence-corrected chi connectivity index (χ3v) is 2.67. The van der Waals surface area contributed by atoms with Gasteiger partial charge < -0.3 is 4.74 Å². The van der Waals surface area contributed by atoms with E-state index in [9.17, 15) is 4.79 Å². The minimum Gasteiger partial charge on any atom is -0.366 e. The molecule has 0 spiro atoms. The molecule has 0 N–H and O–H groups in total. The molecule has 1 atom stereocenters. The summed E-state index contributed by atoms with van der Waals surface area (Å²) < 4.78 is 5.54. The second kappa shape index (κ2) is 4.58. The molecule has 2 heteroatoms. The summed E-state index contributed by atoms with van der Waals surface area (Å²) in [5.41, 5.74) is 0.983. The zero-order valence-electron chi connectivity index (χ0n) is 8.98. The summed E-state index contributed by atoms with van der Waals surface area (Å²) in [5, 5.41) is 0. The number of carbonyl (C=O) groups excluding carboxylic acids is 1. The maximum absolute atomic E-state index is 12.0. The molecule has 2 nitrogen and oxygen atoms in total. The summed E-state index contributed by atoms with van der Waals surface area (Å²) in [6, 6.07) is 9.76. The van der Waals surface area contributed by atoms with Crippen LogP contribution in [0.25, 0.3) is 0 Å². The smallest absolute Gasteiger partial charge is 0.169 e. The molecule has 1 fully saturated rings. The number of carbonyl (C=O) groups is 1. The average molecular weight is 204 g/mol. The summed E-state index contributed by atoms with van der Waals surface area (Å²) in [6.07, 6.45) is 1.73. The fraction of sp³-hybridized carbons (Fsp3) is 0.462. The van der Waals surface area contributed by atoms with E-state index >= 15 is 0 Å². The van der Waals surface area contributed by atoms with E-state index in [2.05, 4.69) is 0 Å². The van der Waals surface area contributed by atoms with Gasteiger partial charge in [-0.05, 0) is 25.3 Å². The van der Waals surface area contributed by atoms with Crippen LogP contribution in [-0.4, -0.2) is 12.4 Å². The van der Waals surface area contributed by atoms with Crippen LogP contribution in [0.1, 0.15) is 31.4 Å². The van der Waals surface area contributed by atoms with E-state index < -0.39 is 0 Å². The first-order valence-electron chi connectivity index (χ1n) is 5.53. The van der Waals surface area contributed by atoms with Gasteiger partial charge in [-0.3, -0.25) is 4.79 Å². The zero-order chi connectivity index (χ0) is 10.7. The summed E-state index contributed by atoms with van der Waals surface area (Å²) in [4.78, 5) is 12.0. The van der Waals surface area contributed by atoms with E-state index in [1.165, 1.54) is 0 Å². The molecule has 2 rings (SSSR count). The number of rotatable bonds is 5. The van der Waals surface area contributed by atoms with Gasteiger partial charge in [0.2, 0.25) is 0 Å². The van der Waals surface area contributed by atoms with Gasteiger partial charge in [-0.1, -0.05) is 30.3 Å². The molecule has 0 radical (unpaired) electrons. The van der Waals surface area contributed by atoms with Crippen molar-refractivity contribution < 1.29 is 9.53 Å². The molecule has 1 aliphatic carbocycles. The topological polar surface area (TPSA) is 26.3 Å². The van der Waals surface area contributed by atoms with Crippen LogP contribution in [0.3, 0.4) is 0 Å². The van der Waals surface area contributed by atoms with Gasteiger partial charge in [-0.15, -0.1) is 0 Å². The lowest BCUT2D eigenvalue weighted by Gasteiger charge is -2.15. The Morgan fingerprint density at radius 1 is 1.40 bits per heavy atom. The molecule has 15 heavy (non-hydrogen) atoms. The molecule has 0 bridgehead atoms. The number of benzene rings is 1. The SMILES string of the molecule is CCOC(C(=O)C1CC1)c1ccccc1. The first kappa shape index (κ1) is 10.4. The number of hydrogen-bond donors (Lipinski definition) is 0. The third-order valence-electron chi connectivity index (χ3n) is 2.67. The van der Waals surface area contributed by atoms with E-state index in [0.29, 0.717) is 6.61 Å². The van der Waals surface area contributed by atoms with Crippen molar-refractivity contribution in [2.45, 2.75) is 25.9 Å². The minimum atomic E-state index is -0.344. The normalized spacial score (nSPS) is 17.4. The Labute approximate surface area is 90.3 Å². The molecule has 0 heterocycles. The zero-order valence-corrected chi connectivity index (χ0v) is 8.98. The van der Waals surface area contributed by atoms with Crippen LogP contribution >= 0.6 is 0 Å². The number of Topliss-reactive ketones (excluding diaryl/α,β-unsaturated/α-hetero) is 1. The van der Waals surface area contributed by atoms with Gasteiger partial charge in [0.1, 0.15) is 6.10 Å². The fourth-order valence-electron chi connectivity index (χ4n) is 1.72. The number of ketones is 1. The molecule has 0 aromatic heterocycles. The minimum absolute atomic E-state index is 0.252. The summed E-state index contributed by atoms with van der Waals surface area (Å²) >= 11 is 0. The Kier molecular flexibility index (Phi) is 3.17. The molecule has 1 saturated carbocycles. The Morgan fingerprint density at radius 3 is 2.60 bits per heavy atom. The number of hydrogen-bond acceptors (Lipinski definition) is 2. The van der Waals surface area contributed by atoms with Crippen LogP contribution in [0.2, 0.25) is 0 Å². The van der Waals surface area contributed by atoms with Crippen molar-refractivity contribution in [1.82, 2.24) is 0 Å². The number of ether oxygens (including phenoxy) is 1. The molecule has 0 saturated heterocycles. The molecular formula is C13H16O2. The molecule has 1 aromatic rings. The van der Waals surface area contributed by atoms with E-state index in [0.717, 1.165) is 18.4 Å². The standard InChI is InChI=1S/C13H16O2/c1-2-15-13(12(14)10-8-9-10)11-6-4-3-5-7-11/h3-7,10,13H,2,8-9H2,1H3. The van der Waals surface area contributed by atoms with Gasteiger partial charge in [0.05, 0.1) is 0 Å². The lowest BCUT2D eigenvalue weighted by atomic mass is 10.0.